The molecular weight excluding hydrogens is 338 g/mol. The molecule has 1 aliphatic heterocycles. The van der Waals surface area contributed by atoms with Gasteiger partial charge in [0.2, 0.25) is 5.82 Å². The molecule has 1 amide bonds. The minimum atomic E-state index is -0.568. The predicted molar refractivity (Wildman–Crippen MR) is 99.8 cm³/mol. The zero-order chi connectivity index (χ0) is 19.5. The van der Waals surface area contributed by atoms with Gasteiger partial charge in [-0.3, -0.25) is 10.1 Å². The van der Waals surface area contributed by atoms with E-state index in [-0.39, 0.29) is 17.5 Å². The molecule has 1 aliphatic rings. The van der Waals surface area contributed by atoms with Gasteiger partial charge in [0.25, 0.3) is 0 Å². The molecular formula is C17H27N5O4. The molecule has 2 rings (SSSR count). The van der Waals surface area contributed by atoms with Crippen LogP contribution in [0.1, 0.15) is 39.3 Å². The number of aromatic nitrogens is 1. The highest BCUT2D eigenvalue weighted by atomic mass is 16.6. The van der Waals surface area contributed by atoms with Crippen LogP contribution >= 0.6 is 0 Å². The first-order valence-electron chi connectivity index (χ1n) is 8.69. The topological polar surface area (TPSA) is 110 Å². The molecule has 9 nitrogen and oxygen atoms in total. The third-order valence-electron chi connectivity index (χ3n) is 4.00. The monoisotopic (exact) mass is 365 g/mol. The lowest BCUT2D eigenvalue weighted by atomic mass is 10.0. The number of carbonyl (C=O) groups is 1. The van der Waals surface area contributed by atoms with Gasteiger partial charge < -0.3 is 20.3 Å². The number of alkyl carbamates (subject to hydrolysis) is 1. The van der Waals surface area contributed by atoms with E-state index in [1.807, 2.05) is 25.7 Å². The van der Waals surface area contributed by atoms with Gasteiger partial charge in [0.1, 0.15) is 11.3 Å². The smallest absolute Gasteiger partial charge is 0.407 e. The lowest BCUT2D eigenvalue weighted by molar-refractivity contribution is -0.383. The molecule has 0 unspecified atom stereocenters. The second-order valence-electron chi connectivity index (χ2n) is 7.42. The first kappa shape index (κ1) is 19.7. The molecule has 1 aromatic heterocycles. The molecule has 0 aliphatic carbocycles. The summed E-state index contributed by atoms with van der Waals surface area (Å²) in [5, 5.41) is 17.2. The number of amides is 1. The number of rotatable bonds is 4. The zero-order valence-electron chi connectivity index (χ0n) is 16.0. The third kappa shape index (κ3) is 4.96. The molecule has 1 fully saturated rings. The Morgan fingerprint density at radius 3 is 2.73 bits per heavy atom. The Balaban J connectivity index is 2.20. The maximum atomic E-state index is 12.0. The number of nitro groups is 1. The molecule has 1 aromatic rings. The second-order valence-corrected chi connectivity index (χ2v) is 7.42. The van der Waals surface area contributed by atoms with Crippen LogP contribution in [0.15, 0.2) is 6.07 Å². The lowest BCUT2D eigenvalue weighted by Crippen LogP contribution is -2.49. The van der Waals surface area contributed by atoms with Crippen molar-refractivity contribution in [3.8, 4) is 0 Å². The van der Waals surface area contributed by atoms with Crippen LogP contribution in [0.3, 0.4) is 0 Å². The van der Waals surface area contributed by atoms with Gasteiger partial charge in [0, 0.05) is 31.9 Å². The van der Waals surface area contributed by atoms with Gasteiger partial charge in [-0.2, -0.15) is 0 Å². The number of pyridine rings is 1. The van der Waals surface area contributed by atoms with Crippen molar-refractivity contribution in [2.24, 2.45) is 0 Å². The van der Waals surface area contributed by atoms with Crippen LogP contribution in [-0.4, -0.2) is 47.8 Å². The Labute approximate surface area is 153 Å². The Hall–Kier alpha value is -2.58. The SMILES string of the molecule is CNc1nc(C)cc(N2CCC[C@@H](NC(=O)OC(C)(C)C)C2)c1[N+](=O)[O-]. The summed E-state index contributed by atoms with van der Waals surface area (Å²) in [6.07, 6.45) is 1.14. The first-order valence-corrected chi connectivity index (χ1v) is 8.69. The van der Waals surface area contributed by atoms with Crippen molar-refractivity contribution in [3.63, 3.8) is 0 Å². The fourth-order valence-corrected chi connectivity index (χ4v) is 3.03. The molecule has 1 saturated heterocycles. The van der Waals surface area contributed by atoms with E-state index in [4.69, 9.17) is 4.74 Å². The summed E-state index contributed by atoms with van der Waals surface area (Å²) in [7, 11) is 1.61. The van der Waals surface area contributed by atoms with Crippen molar-refractivity contribution in [1.82, 2.24) is 10.3 Å². The van der Waals surface area contributed by atoms with Crippen LogP contribution in [0.2, 0.25) is 0 Å². The maximum Gasteiger partial charge on any atom is 0.407 e. The molecule has 9 heteroatoms. The maximum absolute atomic E-state index is 12.0. The predicted octanol–water partition coefficient (Wildman–Crippen LogP) is 2.83. The zero-order valence-corrected chi connectivity index (χ0v) is 16.0. The standard InChI is InChI=1S/C17H27N5O4/c1-11-9-13(14(22(24)25)15(18-5)19-11)21-8-6-7-12(10-21)20-16(23)26-17(2,3)4/h9,12H,6-8,10H2,1-5H3,(H,18,19)(H,20,23)/t12-/m1/s1. The van der Waals surface area contributed by atoms with Crippen molar-refractivity contribution in [3.05, 3.63) is 21.9 Å². The van der Waals surface area contributed by atoms with E-state index in [1.54, 1.807) is 20.0 Å². The van der Waals surface area contributed by atoms with E-state index in [0.29, 0.717) is 24.5 Å². The van der Waals surface area contributed by atoms with E-state index in [1.165, 1.54) is 0 Å². The van der Waals surface area contributed by atoms with Crippen molar-refractivity contribution in [1.29, 1.82) is 0 Å². The van der Waals surface area contributed by atoms with Crippen LogP contribution in [0.25, 0.3) is 0 Å². The van der Waals surface area contributed by atoms with Gasteiger partial charge in [-0.1, -0.05) is 0 Å². The molecule has 0 spiro atoms. The summed E-state index contributed by atoms with van der Waals surface area (Å²) >= 11 is 0. The Bertz CT molecular complexity index is 686. The Kier molecular flexibility index (Phi) is 5.89. The summed E-state index contributed by atoms with van der Waals surface area (Å²) in [6, 6.07) is 1.58. The van der Waals surface area contributed by atoms with Gasteiger partial charge in [-0.05, 0) is 46.6 Å². The van der Waals surface area contributed by atoms with Gasteiger partial charge >= 0.3 is 11.8 Å². The number of ether oxygens (including phenoxy) is 1. The van der Waals surface area contributed by atoms with E-state index in [2.05, 4.69) is 15.6 Å². The third-order valence-corrected chi connectivity index (χ3v) is 4.00. The molecule has 144 valence electrons. The van der Waals surface area contributed by atoms with E-state index < -0.39 is 16.6 Å². The molecule has 0 aromatic carbocycles. The number of carbonyl (C=O) groups excluding carboxylic acids is 1. The Morgan fingerprint density at radius 2 is 2.15 bits per heavy atom. The molecule has 0 bridgehead atoms. The van der Waals surface area contributed by atoms with E-state index >= 15 is 0 Å². The highest BCUT2D eigenvalue weighted by molar-refractivity contribution is 5.75. The molecule has 0 saturated carbocycles. The first-order chi connectivity index (χ1) is 12.1. The largest absolute Gasteiger partial charge is 0.444 e. The van der Waals surface area contributed by atoms with Gasteiger partial charge in [-0.25, -0.2) is 9.78 Å². The fraction of sp³-hybridized carbons (Fsp3) is 0.647. The van der Waals surface area contributed by atoms with E-state index in [9.17, 15) is 14.9 Å². The highest BCUT2D eigenvalue weighted by Gasteiger charge is 2.30. The number of anilines is 2. The minimum Gasteiger partial charge on any atom is -0.444 e. The van der Waals surface area contributed by atoms with Gasteiger partial charge in [-0.15, -0.1) is 0 Å². The highest BCUT2D eigenvalue weighted by Crippen LogP contribution is 2.36. The lowest BCUT2D eigenvalue weighted by Gasteiger charge is -2.35. The van der Waals surface area contributed by atoms with Gasteiger partial charge in [0.05, 0.1) is 4.92 Å². The molecule has 26 heavy (non-hydrogen) atoms. The summed E-state index contributed by atoms with van der Waals surface area (Å²) < 4.78 is 5.30. The van der Waals surface area contributed by atoms with Crippen LogP contribution in [0, 0.1) is 17.0 Å². The number of aryl methyl sites for hydroxylation is 1. The quantitative estimate of drug-likeness (QED) is 0.623. The average Bonchev–Trinajstić information content (AvgIpc) is 2.51. The molecule has 2 N–H and O–H groups in total. The molecule has 2 heterocycles. The van der Waals surface area contributed by atoms with Crippen LogP contribution in [0.5, 0.6) is 0 Å². The van der Waals surface area contributed by atoms with Crippen LogP contribution in [-0.2, 0) is 4.74 Å². The summed E-state index contributed by atoms with van der Waals surface area (Å²) in [5.74, 6) is 0.243. The number of piperidine rings is 1. The van der Waals surface area contributed by atoms with Crippen molar-refractivity contribution in [2.75, 3.05) is 30.4 Å². The summed E-state index contributed by atoms with van der Waals surface area (Å²) in [6.45, 7) is 8.38. The fourth-order valence-electron chi connectivity index (χ4n) is 3.03. The molecule has 1 atom stereocenters. The Morgan fingerprint density at radius 1 is 1.46 bits per heavy atom. The van der Waals surface area contributed by atoms with Crippen molar-refractivity contribution in [2.45, 2.75) is 52.2 Å². The number of hydrogen-bond donors (Lipinski definition) is 2. The number of nitrogens with one attached hydrogen (secondary N) is 2. The summed E-state index contributed by atoms with van der Waals surface area (Å²) in [5.41, 5.74) is 0.594. The van der Waals surface area contributed by atoms with E-state index in [0.717, 1.165) is 12.8 Å². The van der Waals surface area contributed by atoms with Gasteiger partial charge in [0.15, 0.2) is 0 Å². The molecule has 0 radical (unpaired) electrons. The average molecular weight is 365 g/mol. The van der Waals surface area contributed by atoms with Crippen LogP contribution in [0.4, 0.5) is 22.0 Å². The van der Waals surface area contributed by atoms with Crippen LogP contribution < -0.4 is 15.5 Å². The minimum absolute atomic E-state index is 0.0454. The summed E-state index contributed by atoms with van der Waals surface area (Å²) in [4.78, 5) is 29.3. The normalized spacial score (nSPS) is 17.6. The second kappa shape index (κ2) is 7.76. The number of nitrogens with zero attached hydrogens (tertiary/aromatic N) is 3. The van der Waals surface area contributed by atoms with Crippen molar-refractivity contribution >= 4 is 23.3 Å². The van der Waals surface area contributed by atoms with Crippen molar-refractivity contribution < 1.29 is 14.5 Å². The number of hydrogen-bond acceptors (Lipinski definition) is 7.